The van der Waals surface area contributed by atoms with E-state index in [0.717, 1.165) is 62.3 Å². The van der Waals surface area contributed by atoms with E-state index in [9.17, 15) is 9.59 Å². The molecule has 3 aliphatic rings. The van der Waals surface area contributed by atoms with Gasteiger partial charge in [-0.25, -0.2) is 4.79 Å². The first kappa shape index (κ1) is 26.8. The standard InChI is InChI=1S/C31H37N3O5/c1-22-30(34(20-35)15-7-14-33-16-12-24(13-17-33)23-8-5-4-6-9-23)29(26(19-32(22)2)31(36)37-3)25-10-11-27-28(18-25)39-21-38-27/h4-6,8-11,18-20,24,29H,7,12-17,21H2,1-3H3. The molecule has 39 heavy (non-hydrogen) atoms. The van der Waals surface area contributed by atoms with Crippen LogP contribution in [-0.2, 0) is 14.3 Å². The summed E-state index contributed by atoms with van der Waals surface area (Å²) in [6, 6.07) is 16.4. The van der Waals surface area contributed by atoms with Crippen LogP contribution in [0.2, 0.25) is 0 Å². The smallest absolute Gasteiger partial charge is 0.336 e. The first-order chi connectivity index (χ1) is 19.0. The van der Waals surface area contributed by atoms with Gasteiger partial charge < -0.3 is 28.9 Å². The second-order valence-electron chi connectivity index (χ2n) is 10.4. The van der Waals surface area contributed by atoms with Gasteiger partial charge in [-0.05, 0) is 75.0 Å². The Morgan fingerprint density at radius 3 is 2.54 bits per heavy atom. The lowest BCUT2D eigenvalue weighted by molar-refractivity contribution is -0.136. The summed E-state index contributed by atoms with van der Waals surface area (Å²) in [5.74, 6) is 1.01. The van der Waals surface area contributed by atoms with Crippen molar-refractivity contribution in [3.05, 3.63) is 82.8 Å². The van der Waals surface area contributed by atoms with Gasteiger partial charge in [-0.1, -0.05) is 36.4 Å². The molecule has 0 aromatic heterocycles. The van der Waals surface area contributed by atoms with E-state index in [4.69, 9.17) is 14.2 Å². The van der Waals surface area contributed by atoms with Crippen molar-refractivity contribution in [2.24, 2.45) is 0 Å². The number of ether oxygens (including phenoxy) is 3. The van der Waals surface area contributed by atoms with Crippen LogP contribution in [0.25, 0.3) is 0 Å². The lowest BCUT2D eigenvalue weighted by atomic mass is 9.84. The second kappa shape index (κ2) is 11.9. The summed E-state index contributed by atoms with van der Waals surface area (Å²) in [5, 5.41) is 0. The Kier molecular flexibility index (Phi) is 8.21. The van der Waals surface area contributed by atoms with Crippen molar-refractivity contribution in [1.82, 2.24) is 14.7 Å². The lowest BCUT2D eigenvalue weighted by Crippen LogP contribution is -2.38. The number of fused-ring (bicyclic) bond motifs is 1. The zero-order valence-corrected chi connectivity index (χ0v) is 23.0. The minimum Gasteiger partial charge on any atom is -0.466 e. The summed E-state index contributed by atoms with van der Waals surface area (Å²) in [5.41, 5.74) is 4.41. The topological polar surface area (TPSA) is 71.6 Å². The first-order valence-electron chi connectivity index (χ1n) is 13.6. The molecule has 0 bridgehead atoms. The third-order valence-corrected chi connectivity index (χ3v) is 8.14. The van der Waals surface area contributed by atoms with Gasteiger partial charge in [0, 0.05) is 25.5 Å². The maximum atomic E-state index is 12.9. The van der Waals surface area contributed by atoms with Crippen LogP contribution in [0.5, 0.6) is 11.5 Å². The van der Waals surface area contributed by atoms with Gasteiger partial charge in [0.1, 0.15) is 0 Å². The summed E-state index contributed by atoms with van der Waals surface area (Å²) in [4.78, 5) is 31.6. The van der Waals surface area contributed by atoms with Gasteiger partial charge in [0.05, 0.1) is 24.3 Å². The van der Waals surface area contributed by atoms with Crippen molar-refractivity contribution in [3.63, 3.8) is 0 Å². The Balaban J connectivity index is 1.31. The van der Waals surface area contributed by atoms with Gasteiger partial charge in [-0.3, -0.25) is 4.79 Å². The summed E-state index contributed by atoms with van der Waals surface area (Å²) < 4.78 is 16.3. The maximum absolute atomic E-state index is 12.9. The van der Waals surface area contributed by atoms with Gasteiger partial charge >= 0.3 is 5.97 Å². The Morgan fingerprint density at radius 2 is 1.82 bits per heavy atom. The van der Waals surface area contributed by atoms with Crippen LogP contribution < -0.4 is 9.47 Å². The van der Waals surface area contributed by atoms with Crippen LogP contribution in [0.4, 0.5) is 0 Å². The number of hydrogen-bond acceptors (Lipinski definition) is 7. The Hall–Kier alpha value is -3.78. The average Bonchev–Trinajstić information content (AvgIpc) is 3.45. The zero-order valence-electron chi connectivity index (χ0n) is 23.0. The highest BCUT2D eigenvalue weighted by molar-refractivity contribution is 5.91. The van der Waals surface area contributed by atoms with E-state index < -0.39 is 11.9 Å². The van der Waals surface area contributed by atoms with Crippen LogP contribution in [0.1, 0.15) is 49.1 Å². The number of allylic oxidation sites excluding steroid dienone is 2. The molecule has 0 N–H and O–H groups in total. The molecule has 1 saturated heterocycles. The number of amides is 1. The van der Waals surface area contributed by atoms with E-state index in [-0.39, 0.29) is 6.79 Å². The number of carbonyl (C=O) groups excluding carboxylic acids is 2. The Morgan fingerprint density at radius 1 is 1.08 bits per heavy atom. The molecule has 2 aromatic rings. The van der Waals surface area contributed by atoms with Crippen molar-refractivity contribution >= 4 is 12.4 Å². The number of benzene rings is 2. The third kappa shape index (κ3) is 5.66. The molecular weight excluding hydrogens is 494 g/mol. The van der Waals surface area contributed by atoms with Gasteiger partial charge in [0.15, 0.2) is 11.5 Å². The Labute approximate surface area is 230 Å². The highest BCUT2D eigenvalue weighted by Crippen LogP contribution is 2.43. The molecule has 1 fully saturated rings. The summed E-state index contributed by atoms with van der Waals surface area (Å²) in [6.45, 7) is 5.72. The zero-order chi connectivity index (χ0) is 27.4. The van der Waals surface area contributed by atoms with E-state index >= 15 is 0 Å². The van der Waals surface area contributed by atoms with E-state index in [1.54, 1.807) is 11.1 Å². The molecule has 3 aliphatic heterocycles. The predicted molar refractivity (Wildman–Crippen MR) is 148 cm³/mol. The molecule has 5 rings (SSSR count). The van der Waals surface area contributed by atoms with E-state index in [0.29, 0.717) is 29.5 Å². The minimum absolute atomic E-state index is 0.163. The lowest BCUT2D eigenvalue weighted by Gasteiger charge is -2.37. The number of nitrogens with zero attached hydrogens (tertiary/aromatic N) is 3. The highest BCUT2D eigenvalue weighted by Gasteiger charge is 2.36. The fourth-order valence-corrected chi connectivity index (χ4v) is 5.92. The van der Waals surface area contributed by atoms with E-state index in [1.807, 2.05) is 37.1 Å². The van der Waals surface area contributed by atoms with Crippen molar-refractivity contribution < 1.29 is 23.8 Å². The number of esters is 1. The van der Waals surface area contributed by atoms with Gasteiger partial charge in [0.2, 0.25) is 13.2 Å². The van der Waals surface area contributed by atoms with Crippen LogP contribution in [0.3, 0.4) is 0 Å². The monoisotopic (exact) mass is 531 g/mol. The van der Waals surface area contributed by atoms with Crippen LogP contribution in [0.15, 0.2) is 71.7 Å². The molecule has 0 saturated carbocycles. The molecule has 206 valence electrons. The summed E-state index contributed by atoms with van der Waals surface area (Å²) >= 11 is 0. The fraction of sp³-hybridized carbons (Fsp3) is 0.419. The molecule has 1 amide bonds. The van der Waals surface area contributed by atoms with Crippen molar-refractivity contribution in [1.29, 1.82) is 0 Å². The van der Waals surface area contributed by atoms with Crippen molar-refractivity contribution in [2.75, 3.05) is 47.1 Å². The van der Waals surface area contributed by atoms with Gasteiger partial charge in [-0.15, -0.1) is 0 Å². The molecule has 2 aromatic carbocycles. The van der Waals surface area contributed by atoms with Crippen LogP contribution >= 0.6 is 0 Å². The SMILES string of the molecule is COC(=O)C1=CN(C)C(C)=C(N(C=O)CCCN2CCC(c3ccccc3)CC2)C1c1ccc2c(c1)OCO2. The first-order valence-corrected chi connectivity index (χ1v) is 13.6. The average molecular weight is 532 g/mol. The predicted octanol–water partition coefficient (Wildman–Crippen LogP) is 4.46. The minimum atomic E-state index is -0.477. The summed E-state index contributed by atoms with van der Waals surface area (Å²) in [6.07, 6.45) is 5.81. The van der Waals surface area contributed by atoms with Gasteiger partial charge in [-0.2, -0.15) is 0 Å². The van der Waals surface area contributed by atoms with Crippen molar-refractivity contribution in [2.45, 2.75) is 38.0 Å². The molecule has 0 radical (unpaired) electrons. The number of rotatable bonds is 9. The highest BCUT2D eigenvalue weighted by atomic mass is 16.7. The molecule has 1 atom stereocenters. The van der Waals surface area contributed by atoms with Crippen LogP contribution in [0, 0.1) is 0 Å². The number of piperidine rings is 1. The van der Waals surface area contributed by atoms with E-state index in [1.165, 1.54) is 12.7 Å². The number of likely N-dealkylation sites (tertiary alicyclic amines) is 1. The molecule has 0 aliphatic carbocycles. The second-order valence-corrected chi connectivity index (χ2v) is 10.4. The maximum Gasteiger partial charge on any atom is 0.336 e. The Bertz CT molecular complexity index is 1250. The number of hydrogen-bond donors (Lipinski definition) is 0. The quantitative estimate of drug-likeness (QED) is 0.350. The molecule has 8 nitrogen and oxygen atoms in total. The van der Waals surface area contributed by atoms with Crippen LogP contribution in [-0.4, -0.2) is 74.2 Å². The largest absolute Gasteiger partial charge is 0.466 e. The van der Waals surface area contributed by atoms with E-state index in [2.05, 4.69) is 35.2 Å². The molecule has 8 heteroatoms. The van der Waals surface area contributed by atoms with Gasteiger partial charge in [0.25, 0.3) is 0 Å². The number of carbonyl (C=O) groups is 2. The fourth-order valence-electron chi connectivity index (χ4n) is 5.92. The molecule has 1 unspecified atom stereocenters. The third-order valence-electron chi connectivity index (χ3n) is 8.14. The normalized spacial score (nSPS) is 19.6. The molecule has 3 heterocycles. The van der Waals surface area contributed by atoms with Crippen molar-refractivity contribution in [3.8, 4) is 11.5 Å². The summed E-state index contributed by atoms with van der Waals surface area (Å²) in [7, 11) is 3.26. The molecule has 0 spiro atoms. The number of methoxy groups -OCH3 is 1. The molecular formula is C31H37N3O5.